The number of likely N-dealkylation sites (N-methyl/N-ethyl adjacent to an activating group) is 1. The highest BCUT2D eigenvalue weighted by molar-refractivity contribution is 7.45. The Bertz CT molecular complexity index is 1070. The van der Waals surface area contributed by atoms with Crippen LogP contribution in [0.5, 0.6) is 0 Å². The summed E-state index contributed by atoms with van der Waals surface area (Å²) in [5.74, 6) is -0.882. The molecule has 0 aromatic rings. The number of hydrogen-bond acceptors (Lipinski definition) is 8. The molecule has 0 heterocycles. The van der Waals surface area contributed by atoms with Crippen LogP contribution >= 0.6 is 7.82 Å². The van der Waals surface area contributed by atoms with Crippen molar-refractivity contribution >= 4 is 19.8 Å². The Balaban J connectivity index is 4.46. The zero-order chi connectivity index (χ0) is 40.0. The Morgan fingerprint density at radius 3 is 1.56 bits per heavy atom. The first-order chi connectivity index (χ1) is 26.0. The predicted molar refractivity (Wildman–Crippen MR) is 222 cm³/mol. The lowest BCUT2D eigenvalue weighted by molar-refractivity contribution is -0.870. The summed E-state index contributed by atoms with van der Waals surface area (Å²) in [6.07, 6.45) is 41.3. The molecule has 0 aliphatic carbocycles. The first-order valence-corrected chi connectivity index (χ1v) is 22.8. The molecule has 0 radical (unpaired) electrons. The van der Waals surface area contributed by atoms with Gasteiger partial charge in [0, 0.05) is 12.8 Å². The Morgan fingerprint density at radius 2 is 1.00 bits per heavy atom. The van der Waals surface area contributed by atoms with Crippen molar-refractivity contribution in [1.82, 2.24) is 0 Å². The van der Waals surface area contributed by atoms with Crippen molar-refractivity contribution in [2.24, 2.45) is 0 Å². The monoisotopic (exact) mass is 782 g/mol. The van der Waals surface area contributed by atoms with Crippen molar-refractivity contribution in [2.75, 3.05) is 47.5 Å². The molecular formula is C44H80NO8P. The average Bonchev–Trinajstić information content (AvgIpc) is 3.12. The van der Waals surface area contributed by atoms with Crippen molar-refractivity contribution in [3.05, 3.63) is 48.6 Å². The molecule has 10 heteroatoms. The maximum absolute atomic E-state index is 12.6. The third kappa shape index (κ3) is 39.7. The van der Waals surface area contributed by atoms with Crippen molar-refractivity contribution in [3.63, 3.8) is 0 Å². The number of ether oxygens (including phenoxy) is 2. The molecule has 0 saturated carbocycles. The van der Waals surface area contributed by atoms with E-state index in [1.54, 1.807) is 0 Å². The minimum Gasteiger partial charge on any atom is -0.756 e. The third-order valence-electron chi connectivity index (χ3n) is 8.82. The molecule has 0 amide bonds. The third-order valence-corrected chi connectivity index (χ3v) is 9.79. The number of unbranched alkanes of at least 4 members (excludes halogenated alkanes) is 16. The van der Waals surface area contributed by atoms with Gasteiger partial charge in [-0.25, -0.2) is 0 Å². The van der Waals surface area contributed by atoms with Crippen LogP contribution in [0.25, 0.3) is 0 Å². The van der Waals surface area contributed by atoms with Crippen LogP contribution < -0.4 is 4.89 Å². The number of phosphoric ester groups is 1. The smallest absolute Gasteiger partial charge is 0.306 e. The molecule has 314 valence electrons. The topological polar surface area (TPSA) is 111 Å². The van der Waals surface area contributed by atoms with Gasteiger partial charge in [0.05, 0.1) is 27.7 Å². The lowest BCUT2D eigenvalue weighted by Gasteiger charge is -2.28. The molecule has 0 saturated heterocycles. The lowest BCUT2D eigenvalue weighted by Crippen LogP contribution is -2.37. The van der Waals surface area contributed by atoms with Crippen LogP contribution in [0.4, 0.5) is 0 Å². The number of esters is 2. The van der Waals surface area contributed by atoms with Gasteiger partial charge in [-0.2, -0.15) is 0 Å². The first-order valence-electron chi connectivity index (χ1n) is 21.3. The number of hydrogen-bond donors (Lipinski definition) is 0. The molecule has 0 bridgehead atoms. The van der Waals surface area contributed by atoms with E-state index in [0.29, 0.717) is 23.9 Å². The van der Waals surface area contributed by atoms with Gasteiger partial charge in [-0.15, -0.1) is 0 Å². The minimum atomic E-state index is -4.63. The van der Waals surface area contributed by atoms with Crippen LogP contribution in [-0.2, 0) is 32.7 Å². The van der Waals surface area contributed by atoms with Crippen molar-refractivity contribution in [2.45, 2.75) is 174 Å². The van der Waals surface area contributed by atoms with Crippen LogP contribution in [0.15, 0.2) is 48.6 Å². The summed E-state index contributed by atoms with van der Waals surface area (Å²) >= 11 is 0. The normalized spacial score (nSPS) is 14.1. The highest BCUT2D eigenvalue weighted by Crippen LogP contribution is 2.38. The molecule has 0 aliphatic rings. The summed E-state index contributed by atoms with van der Waals surface area (Å²) in [5, 5.41) is 0. The Hall–Kier alpha value is -2.03. The molecule has 0 spiro atoms. The molecule has 0 N–H and O–H groups in total. The quantitative estimate of drug-likeness (QED) is 0.0200. The van der Waals surface area contributed by atoms with Gasteiger partial charge in [-0.05, 0) is 77.0 Å². The standard InChI is InChI=1S/C44H80NO8P/c1-6-8-10-12-14-16-18-20-21-22-23-25-27-29-31-33-35-37-44(47)53-42(41-52-54(48,49)51-39-38-45(3,4)5)40-50-43(46)36-34-32-30-28-26-24-19-17-15-13-11-9-7-2/h14,16,20-21,23-26,42H,6-13,15,17-19,22,27-41H2,1-5H3/b16-14+,21-20+,25-23+,26-24+/t42-/m1/s1. The average molecular weight is 782 g/mol. The van der Waals surface area contributed by atoms with Gasteiger partial charge in [-0.3, -0.25) is 14.2 Å². The molecule has 0 rings (SSSR count). The maximum Gasteiger partial charge on any atom is 0.306 e. The summed E-state index contributed by atoms with van der Waals surface area (Å²) in [4.78, 5) is 37.4. The SMILES string of the molecule is CCCCC/C=C/C/C=C/C/C=C/CCCCCCC(=O)O[C@H](COC(=O)CCCCC/C=C/CCCCCCCC)COP(=O)([O-])OCC[N+](C)(C)C. The Morgan fingerprint density at radius 1 is 0.574 bits per heavy atom. The van der Waals surface area contributed by atoms with E-state index in [9.17, 15) is 19.0 Å². The van der Waals surface area contributed by atoms with Gasteiger partial charge in [0.1, 0.15) is 19.8 Å². The highest BCUT2D eigenvalue weighted by atomic mass is 31.2. The minimum absolute atomic E-state index is 0.0391. The molecule has 9 nitrogen and oxygen atoms in total. The van der Waals surface area contributed by atoms with E-state index in [-0.39, 0.29) is 26.1 Å². The summed E-state index contributed by atoms with van der Waals surface area (Å²) in [6.45, 7) is 4.13. The number of carbonyl (C=O) groups excluding carboxylic acids is 2. The van der Waals surface area contributed by atoms with E-state index < -0.39 is 32.5 Å². The van der Waals surface area contributed by atoms with Crippen molar-refractivity contribution < 1.29 is 42.1 Å². The molecule has 0 aliphatic heterocycles. The summed E-state index contributed by atoms with van der Waals surface area (Å²) < 4.78 is 33.8. The van der Waals surface area contributed by atoms with Gasteiger partial charge in [-0.1, -0.05) is 127 Å². The maximum atomic E-state index is 12.6. The number of quaternary nitrogens is 1. The summed E-state index contributed by atoms with van der Waals surface area (Å²) in [6, 6.07) is 0. The number of nitrogens with zero attached hydrogens (tertiary/aromatic N) is 1. The van der Waals surface area contributed by atoms with Crippen LogP contribution in [-0.4, -0.2) is 70.0 Å². The number of carbonyl (C=O) groups is 2. The predicted octanol–water partition coefficient (Wildman–Crippen LogP) is 11.3. The largest absolute Gasteiger partial charge is 0.756 e. The number of phosphoric acid groups is 1. The van der Waals surface area contributed by atoms with Crippen LogP contribution in [0, 0.1) is 0 Å². The van der Waals surface area contributed by atoms with E-state index in [1.807, 2.05) is 21.1 Å². The summed E-state index contributed by atoms with van der Waals surface area (Å²) in [7, 11) is 1.14. The van der Waals surface area contributed by atoms with Crippen LogP contribution in [0.2, 0.25) is 0 Å². The fraction of sp³-hybridized carbons (Fsp3) is 0.773. The lowest BCUT2D eigenvalue weighted by atomic mass is 10.1. The van der Waals surface area contributed by atoms with E-state index in [1.165, 1.54) is 64.2 Å². The van der Waals surface area contributed by atoms with Crippen LogP contribution in [0.1, 0.15) is 168 Å². The van der Waals surface area contributed by atoms with E-state index in [0.717, 1.165) is 64.2 Å². The fourth-order valence-corrected chi connectivity index (χ4v) is 6.15. The molecule has 0 fully saturated rings. The van der Waals surface area contributed by atoms with E-state index in [4.69, 9.17) is 18.5 Å². The molecule has 2 atom stereocenters. The number of rotatable bonds is 38. The van der Waals surface area contributed by atoms with E-state index in [2.05, 4.69) is 62.5 Å². The summed E-state index contributed by atoms with van der Waals surface area (Å²) in [5.41, 5.74) is 0. The molecule has 0 aromatic carbocycles. The van der Waals surface area contributed by atoms with Gasteiger partial charge in [0.2, 0.25) is 0 Å². The molecule has 1 unspecified atom stereocenters. The van der Waals surface area contributed by atoms with Gasteiger partial charge < -0.3 is 27.9 Å². The van der Waals surface area contributed by atoms with Gasteiger partial charge >= 0.3 is 11.9 Å². The zero-order valence-electron chi connectivity index (χ0n) is 35.2. The Labute approximate surface area is 331 Å². The first kappa shape index (κ1) is 52.0. The second-order valence-electron chi connectivity index (χ2n) is 15.3. The Kier molecular flexibility index (Phi) is 35.2. The second kappa shape index (κ2) is 36.6. The van der Waals surface area contributed by atoms with Gasteiger partial charge in [0.15, 0.2) is 6.10 Å². The fourth-order valence-electron chi connectivity index (χ4n) is 5.42. The number of allylic oxidation sites excluding steroid dienone is 8. The van der Waals surface area contributed by atoms with Crippen molar-refractivity contribution in [1.29, 1.82) is 0 Å². The van der Waals surface area contributed by atoms with Gasteiger partial charge in [0.25, 0.3) is 7.82 Å². The highest BCUT2D eigenvalue weighted by Gasteiger charge is 2.21. The molecule has 54 heavy (non-hydrogen) atoms. The zero-order valence-corrected chi connectivity index (χ0v) is 36.0. The van der Waals surface area contributed by atoms with E-state index >= 15 is 0 Å². The molecular weight excluding hydrogens is 701 g/mol. The molecule has 0 aromatic heterocycles. The second-order valence-corrected chi connectivity index (χ2v) is 16.8. The van der Waals surface area contributed by atoms with Crippen molar-refractivity contribution in [3.8, 4) is 0 Å². The van der Waals surface area contributed by atoms with Crippen LogP contribution in [0.3, 0.4) is 0 Å².